The zero-order valence-electron chi connectivity index (χ0n) is 13.9. The van der Waals surface area contributed by atoms with Gasteiger partial charge in [-0.3, -0.25) is 0 Å². The van der Waals surface area contributed by atoms with Crippen LogP contribution in [0.4, 0.5) is 0 Å². The lowest BCUT2D eigenvalue weighted by atomic mass is 10.4. The van der Waals surface area contributed by atoms with Gasteiger partial charge in [0.25, 0.3) is 0 Å². The highest BCUT2D eigenvalue weighted by molar-refractivity contribution is 7.90. The molecule has 24 heavy (non-hydrogen) atoms. The van der Waals surface area contributed by atoms with Gasteiger partial charge in [0.05, 0.1) is 5.25 Å². The summed E-state index contributed by atoms with van der Waals surface area (Å²) in [5.74, 6) is 0.258. The van der Waals surface area contributed by atoms with Crippen LogP contribution in [0.25, 0.3) is 0 Å². The minimum atomic E-state index is -3.71. The number of sulfonamides is 2. The third-order valence-corrected chi connectivity index (χ3v) is 9.39. The lowest BCUT2D eigenvalue weighted by Crippen LogP contribution is -2.52. The smallest absolute Gasteiger partial charge is 0.248 e. The van der Waals surface area contributed by atoms with Gasteiger partial charge in [-0.1, -0.05) is 18.0 Å². The van der Waals surface area contributed by atoms with Crippen molar-refractivity contribution in [3.8, 4) is 0 Å². The second-order valence-corrected chi connectivity index (χ2v) is 10.5. The van der Waals surface area contributed by atoms with Gasteiger partial charge in [-0.15, -0.1) is 0 Å². The molecule has 1 aliphatic heterocycles. The molecule has 0 spiro atoms. The van der Waals surface area contributed by atoms with Crippen LogP contribution in [0.1, 0.15) is 37.1 Å². The van der Waals surface area contributed by atoms with E-state index in [1.54, 1.807) is 13.8 Å². The largest absolute Gasteiger partial charge is 0.360 e. The Bertz CT molecular complexity index is 782. The molecule has 0 bridgehead atoms. The topological polar surface area (TPSA) is 101 Å². The van der Waals surface area contributed by atoms with E-state index in [4.69, 9.17) is 4.52 Å². The molecule has 10 heteroatoms. The Morgan fingerprint density at radius 1 is 0.958 bits per heavy atom. The summed E-state index contributed by atoms with van der Waals surface area (Å²) in [6.45, 7) is 3.84. The molecule has 0 N–H and O–H groups in total. The molecule has 0 atom stereocenters. The molecular weight excluding hydrogens is 354 g/mol. The zero-order valence-corrected chi connectivity index (χ0v) is 15.6. The number of piperazine rings is 1. The van der Waals surface area contributed by atoms with Crippen LogP contribution in [-0.2, 0) is 20.0 Å². The normalized spacial score (nSPS) is 22.2. The van der Waals surface area contributed by atoms with E-state index in [0.717, 1.165) is 12.8 Å². The van der Waals surface area contributed by atoms with Crippen molar-refractivity contribution < 1.29 is 21.4 Å². The molecule has 2 heterocycles. The fourth-order valence-electron chi connectivity index (χ4n) is 3.53. The van der Waals surface area contributed by atoms with Crippen molar-refractivity contribution in [2.24, 2.45) is 0 Å². The van der Waals surface area contributed by atoms with Gasteiger partial charge >= 0.3 is 0 Å². The maximum Gasteiger partial charge on any atom is 0.248 e. The Kier molecular flexibility index (Phi) is 4.75. The maximum atomic E-state index is 12.8. The van der Waals surface area contributed by atoms with E-state index < -0.39 is 20.0 Å². The molecular formula is C14H23N3O5S2. The van der Waals surface area contributed by atoms with Crippen LogP contribution in [0.2, 0.25) is 0 Å². The molecule has 8 nitrogen and oxygen atoms in total. The summed E-state index contributed by atoms with van der Waals surface area (Å²) in [7, 11) is -7.03. The van der Waals surface area contributed by atoms with Gasteiger partial charge in [0, 0.05) is 26.2 Å². The molecule has 0 amide bonds. The highest BCUT2D eigenvalue weighted by Crippen LogP contribution is 2.29. The first-order valence-electron chi connectivity index (χ1n) is 8.16. The van der Waals surface area contributed by atoms with E-state index in [-0.39, 0.29) is 42.1 Å². The van der Waals surface area contributed by atoms with Crippen molar-refractivity contribution in [3.05, 3.63) is 11.5 Å². The fraction of sp³-hybridized carbons (Fsp3) is 0.786. The molecule has 3 rings (SSSR count). The van der Waals surface area contributed by atoms with Crippen LogP contribution in [-0.4, -0.2) is 62.0 Å². The third kappa shape index (κ3) is 3.00. The van der Waals surface area contributed by atoms with Gasteiger partial charge < -0.3 is 4.52 Å². The highest BCUT2D eigenvalue weighted by Gasteiger charge is 2.39. The average Bonchev–Trinajstić information content (AvgIpc) is 3.18. The molecule has 1 saturated carbocycles. The molecule has 1 aromatic heterocycles. The van der Waals surface area contributed by atoms with Gasteiger partial charge in [-0.25, -0.2) is 16.8 Å². The highest BCUT2D eigenvalue weighted by atomic mass is 32.2. The zero-order chi connectivity index (χ0) is 17.5. The summed E-state index contributed by atoms with van der Waals surface area (Å²) in [5.41, 5.74) is 0.327. The van der Waals surface area contributed by atoms with Crippen molar-refractivity contribution in [1.82, 2.24) is 13.8 Å². The van der Waals surface area contributed by atoms with Crippen LogP contribution in [0, 0.1) is 13.8 Å². The second-order valence-electron chi connectivity index (χ2n) is 6.41. The Balaban J connectivity index is 1.73. The number of hydrogen-bond acceptors (Lipinski definition) is 6. The first-order chi connectivity index (χ1) is 11.2. The summed E-state index contributed by atoms with van der Waals surface area (Å²) < 4.78 is 58.5. The summed E-state index contributed by atoms with van der Waals surface area (Å²) in [6, 6.07) is 0. The van der Waals surface area contributed by atoms with E-state index in [0.29, 0.717) is 18.5 Å². The van der Waals surface area contributed by atoms with E-state index in [1.165, 1.54) is 8.61 Å². The number of aryl methyl sites for hydroxylation is 2. The number of rotatable bonds is 4. The van der Waals surface area contributed by atoms with Crippen molar-refractivity contribution in [2.45, 2.75) is 49.7 Å². The predicted molar refractivity (Wildman–Crippen MR) is 87.5 cm³/mol. The van der Waals surface area contributed by atoms with Crippen LogP contribution < -0.4 is 0 Å². The standard InChI is InChI=1S/C14H23N3O5S2/c1-11-14(12(2)22-15-11)24(20,21)17-9-7-16(8-10-17)23(18,19)13-5-3-4-6-13/h13H,3-10H2,1-2H3. The predicted octanol–water partition coefficient (Wildman–Crippen LogP) is 0.870. The quantitative estimate of drug-likeness (QED) is 0.772. The molecule has 2 aliphatic rings. The van der Waals surface area contributed by atoms with Crippen molar-refractivity contribution in [3.63, 3.8) is 0 Å². The summed E-state index contributed by atoms with van der Waals surface area (Å²) in [5, 5.41) is 3.39. The van der Waals surface area contributed by atoms with Crippen LogP contribution in [0.3, 0.4) is 0 Å². The van der Waals surface area contributed by atoms with Gasteiger partial charge in [-0.2, -0.15) is 8.61 Å². The second kappa shape index (κ2) is 6.40. The molecule has 1 saturated heterocycles. The first-order valence-corrected chi connectivity index (χ1v) is 11.1. The molecule has 0 aromatic carbocycles. The molecule has 0 radical (unpaired) electrons. The van der Waals surface area contributed by atoms with Crippen molar-refractivity contribution in [1.29, 1.82) is 0 Å². The molecule has 136 valence electrons. The van der Waals surface area contributed by atoms with Crippen LogP contribution in [0.15, 0.2) is 9.42 Å². The lowest BCUT2D eigenvalue weighted by Gasteiger charge is -2.34. The molecule has 1 aromatic rings. The lowest BCUT2D eigenvalue weighted by molar-refractivity contribution is 0.270. The summed E-state index contributed by atoms with van der Waals surface area (Å²) in [6.07, 6.45) is 3.31. The molecule has 2 fully saturated rings. The van der Waals surface area contributed by atoms with Crippen LogP contribution in [0.5, 0.6) is 0 Å². The Labute approximate surface area is 142 Å². The van der Waals surface area contributed by atoms with E-state index in [2.05, 4.69) is 5.16 Å². The fourth-order valence-corrected chi connectivity index (χ4v) is 7.27. The Hall–Kier alpha value is -0.970. The van der Waals surface area contributed by atoms with Crippen LogP contribution >= 0.6 is 0 Å². The minimum absolute atomic E-state index is 0.0922. The minimum Gasteiger partial charge on any atom is -0.360 e. The van der Waals surface area contributed by atoms with E-state index >= 15 is 0 Å². The van der Waals surface area contributed by atoms with Crippen molar-refractivity contribution >= 4 is 20.0 Å². The Morgan fingerprint density at radius 3 is 2.00 bits per heavy atom. The third-order valence-electron chi connectivity index (χ3n) is 4.85. The SMILES string of the molecule is Cc1noc(C)c1S(=O)(=O)N1CCN(S(=O)(=O)C2CCCC2)CC1. The number of nitrogens with zero attached hydrogens (tertiary/aromatic N) is 3. The average molecular weight is 377 g/mol. The van der Waals surface area contributed by atoms with Gasteiger partial charge in [-0.05, 0) is 26.7 Å². The summed E-state index contributed by atoms with van der Waals surface area (Å²) in [4.78, 5) is 0.0922. The first kappa shape index (κ1) is 17.8. The van der Waals surface area contributed by atoms with Crippen molar-refractivity contribution in [2.75, 3.05) is 26.2 Å². The summed E-state index contributed by atoms with van der Waals surface area (Å²) >= 11 is 0. The molecule has 0 unspecified atom stereocenters. The van der Waals surface area contributed by atoms with Gasteiger partial charge in [0.1, 0.15) is 10.6 Å². The molecule has 1 aliphatic carbocycles. The number of hydrogen-bond donors (Lipinski definition) is 0. The van der Waals surface area contributed by atoms with E-state index in [1.807, 2.05) is 0 Å². The maximum absolute atomic E-state index is 12.8. The van der Waals surface area contributed by atoms with Gasteiger partial charge in [0.2, 0.25) is 20.0 Å². The monoisotopic (exact) mass is 377 g/mol. The Morgan fingerprint density at radius 2 is 1.50 bits per heavy atom. The number of aromatic nitrogens is 1. The van der Waals surface area contributed by atoms with Gasteiger partial charge in [0.15, 0.2) is 5.76 Å². The van der Waals surface area contributed by atoms with E-state index in [9.17, 15) is 16.8 Å².